The molecule has 0 bridgehead atoms. The molecule has 2 aliphatic rings. The summed E-state index contributed by atoms with van der Waals surface area (Å²) in [4.78, 5) is 20.0. The highest BCUT2D eigenvalue weighted by molar-refractivity contribution is 5.80. The van der Waals surface area contributed by atoms with E-state index < -0.39 is 6.10 Å². The molecule has 1 heterocycles. The second-order valence-electron chi connectivity index (χ2n) is 6.22. The van der Waals surface area contributed by atoms with Gasteiger partial charge in [-0.1, -0.05) is 24.3 Å². The van der Waals surface area contributed by atoms with Gasteiger partial charge in [0.1, 0.15) is 0 Å². The van der Waals surface area contributed by atoms with E-state index in [4.69, 9.17) is 0 Å². The summed E-state index contributed by atoms with van der Waals surface area (Å²) in [6.07, 6.45) is 4.12. The van der Waals surface area contributed by atoms with Gasteiger partial charge in [-0.2, -0.15) is 0 Å². The fourth-order valence-electron chi connectivity index (χ4n) is 3.64. The highest BCUT2D eigenvalue weighted by atomic mass is 16.3. The zero-order valence-electron chi connectivity index (χ0n) is 12.2. The van der Waals surface area contributed by atoms with Gasteiger partial charge in [0.25, 0.3) is 0 Å². The maximum absolute atomic E-state index is 12.6. The van der Waals surface area contributed by atoms with Gasteiger partial charge in [-0.25, -0.2) is 4.98 Å². The molecule has 4 rings (SSSR count). The van der Waals surface area contributed by atoms with Crippen molar-refractivity contribution in [3.05, 3.63) is 53.1 Å². The summed E-state index contributed by atoms with van der Waals surface area (Å²) in [6, 6.07) is 7.64. The molecular formula is C17H19N3O2. The Kier molecular flexibility index (Phi) is 3.22. The van der Waals surface area contributed by atoms with Crippen molar-refractivity contribution in [3.8, 4) is 0 Å². The van der Waals surface area contributed by atoms with E-state index in [9.17, 15) is 9.90 Å². The van der Waals surface area contributed by atoms with Crippen LogP contribution in [0.4, 0.5) is 0 Å². The highest BCUT2D eigenvalue weighted by Crippen LogP contribution is 2.32. The second kappa shape index (κ2) is 5.25. The van der Waals surface area contributed by atoms with Crippen molar-refractivity contribution in [2.24, 2.45) is 5.92 Å². The third kappa shape index (κ3) is 2.22. The molecule has 114 valence electrons. The number of imidazole rings is 1. The van der Waals surface area contributed by atoms with E-state index in [-0.39, 0.29) is 17.9 Å². The summed E-state index contributed by atoms with van der Waals surface area (Å²) in [6.45, 7) is 0. The fraction of sp³-hybridized carbons (Fsp3) is 0.412. The van der Waals surface area contributed by atoms with Crippen LogP contribution in [-0.4, -0.2) is 27.1 Å². The van der Waals surface area contributed by atoms with Gasteiger partial charge in [-0.3, -0.25) is 4.79 Å². The molecule has 0 aliphatic heterocycles. The predicted octanol–water partition coefficient (Wildman–Crippen LogP) is 1.29. The minimum atomic E-state index is -0.535. The van der Waals surface area contributed by atoms with E-state index in [0.717, 1.165) is 35.4 Å². The van der Waals surface area contributed by atoms with E-state index >= 15 is 0 Å². The van der Waals surface area contributed by atoms with Gasteiger partial charge < -0.3 is 15.4 Å². The monoisotopic (exact) mass is 297 g/mol. The van der Waals surface area contributed by atoms with E-state index in [2.05, 4.69) is 15.3 Å². The van der Waals surface area contributed by atoms with E-state index in [0.29, 0.717) is 12.8 Å². The number of rotatable bonds is 2. The SMILES string of the molecule is O=C(N[C@@H]1c2ccccc2C[C@@H]1O)[C@@H]1CCc2nc[nH]c2C1. The second-order valence-corrected chi connectivity index (χ2v) is 6.22. The largest absolute Gasteiger partial charge is 0.390 e. The first-order chi connectivity index (χ1) is 10.7. The molecule has 0 spiro atoms. The lowest BCUT2D eigenvalue weighted by molar-refractivity contribution is -0.126. The summed E-state index contributed by atoms with van der Waals surface area (Å²) in [5.41, 5.74) is 4.32. The number of H-pyrrole nitrogens is 1. The summed E-state index contributed by atoms with van der Waals surface area (Å²) >= 11 is 0. The molecule has 3 N–H and O–H groups in total. The molecule has 0 radical (unpaired) electrons. The Hall–Kier alpha value is -2.14. The van der Waals surface area contributed by atoms with Crippen molar-refractivity contribution in [1.82, 2.24) is 15.3 Å². The summed E-state index contributed by atoms with van der Waals surface area (Å²) in [7, 11) is 0. The van der Waals surface area contributed by atoms with Crippen LogP contribution < -0.4 is 5.32 Å². The first kappa shape index (κ1) is 13.5. The molecule has 0 saturated heterocycles. The molecule has 2 aromatic rings. The molecular weight excluding hydrogens is 278 g/mol. The van der Waals surface area contributed by atoms with Crippen LogP contribution in [0.25, 0.3) is 0 Å². The number of nitrogens with one attached hydrogen (secondary N) is 2. The number of aliphatic hydroxyl groups excluding tert-OH is 1. The third-order valence-electron chi connectivity index (χ3n) is 4.86. The topological polar surface area (TPSA) is 78.0 Å². The van der Waals surface area contributed by atoms with E-state index in [1.165, 1.54) is 0 Å². The van der Waals surface area contributed by atoms with Gasteiger partial charge in [-0.15, -0.1) is 0 Å². The zero-order chi connectivity index (χ0) is 15.1. The molecule has 0 saturated carbocycles. The molecule has 3 atom stereocenters. The lowest BCUT2D eigenvalue weighted by Gasteiger charge is -2.24. The van der Waals surface area contributed by atoms with Crippen LogP contribution in [0, 0.1) is 5.92 Å². The van der Waals surface area contributed by atoms with Crippen molar-refractivity contribution in [1.29, 1.82) is 0 Å². The van der Waals surface area contributed by atoms with Crippen LogP contribution in [0.2, 0.25) is 0 Å². The van der Waals surface area contributed by atoms with Crippen molar-refractivity contribution < 1.29 is 9.90 Å². The number of aliphatic hydroxyl groups is 1. The van der Waals surface area contributed by atoms with Crippen molar-refractivity contribution in [2.45, 2.75) is 37.8 Å². The number of fused-ring (bicyclic) bond motifs is 2. The summed E-state index contributed by atoms with van der Waals surface area (Å²) in [5.74, 6) is -0.0195. The lowest BCUT2D eigenvalue weighted by Crippen LogP contribution is -2.39. The van der Waals surface area contributed by atoms with Crippen molar-refractivity contribution >= 4 is 5.91 Å². The number of nitrogens with zero attached hydrogens (tertiary/aromatic N) is 1. The van der Waals surface area contributed by atoms with Crippen LogP contribution in [0.3, 0.4) is 0 Å². The molecule has 22 heavy (non-hydrogen) atoms. The third-order valence-corrected chi connectivity index (χ3v) is 4.86. The number of carbonyl (C=O) groups is 1. The maximum atomic E-state index is 12.6. The smallest absolute Gasteiger partial charge is 0.224 e. The molecule has 1 amide bonds. The number of aryl methyl sites for hydroxylation is 1. The minimum absolute atomic E-state index is 0.0287. The normalized spacial score (nSPS) is 26.3. The Labute approximate surface area is 128 Å². The van der Waals surface area contributed by atoms with Crippen LogP contribution in [0.1, 0.15) is 35.0 Å². The Morgan fingerprint density at radius 1 is 1.32 bits per heavy atom. The standard InChI is InChI=1S/C17H19N3O2/c21-15-8-10-3-1-2-4-12(10)16(15)20-17(22)11-5-6-13-14(7-11)19-9-18-13/h1-4,9,11,15-16,21H,5-8H2,(H,18,19)(H,20,22)/t11-,15+,16-/m1/s1. The van der Waals surface area contributed by atoms with Crippen LogP contribution in [0.15, 0.2) is 30.6 Å². The van der Waals surface area contributed by atoms with E-state index in [1.807, 2.05) is 24.3 Å². The maximum Gasteiger partial charge on any atom is 0.224 e. The fourth-order valence-corrected chi connectivity index (χ4v) is 3.64. The van der Waals surface area contributed by atoms with Crippen LogP contribution >= 0.6 is 0 Å². The Morgan fingerprint density at radius 2 is 2.18 bits per heavy atom. The van der Waals surface area contributed by atoms with Crippen molar-refractivity contribution in [2.75, 3.05) is 0 Å². The Bertz CT molecular complexity index is 709. The van der Waals surface area contributed by atoms with Gasteiger partial charge in [-0.05, 0) is 24.0 Å². The van der Waals surface area contributed by atoms with Gasteiger partial charge in [0.05, 0.1) is 24.2 Å². The Balaban J connectivity index is 1.49. The molecule has 1 aromatic heterocycles. The molecule has 2 aliphatic carbocycles. The molecule has 1 aromatic carbocycles. The number of hydrogen-bond acceptors (Lipinski definition) is 3. The number of carbonyl (C=O) groups excluding carboxylic acids is 1. The number of aromatic amines is 1. The average Bonchev–Trinajstić information content (AvgIpc) is 3.11. The van der Waals surface area contributed by atoms with Gasteiger partial charge >= 0.3 is 0 Å². The summed E-state index contributed by atoms with van der Waals surface area (Å²) in [5, 5.41) is 13.3. The average molecular weight is 297 g/mol. The van der Waals surface area contributed by atoms with Crippen molar-refractivity contribution in [3.63, 3.8) is 0 Å². The first-order valence-corrected chi connectivity index (χ1v) is 7.79. The van der Waals surface area contributed by atoms with E-state index in [1.54, 1.807) is 6.33 Å². The first-order valence-electron chi connectivity index (χ1n) is 7.79. The molecule has 0 fully saturated rings. The number of amides is 1. The quantitative estimate of drug-likeness (QED) is 0.781. The molecule has 0 unspecified atom stereocenters. The van der Waals surface area contributed by atoms with Gasteiger partial charge in [0.15, 0.2) is 0 Å². The molecule has 5 nitrogen and oxygen atoms in total. The minimum Gasteiger partial charge on any atom is -0.390 e. The lowest BCUT2D eigenvalue weighted by atomic mass is 9.89. The van der Waals surface area contributed by atoms with Crippen LogP contribution in [0.5, 0.6) is 0 Å². The van der Waals surface area contributed by atoms with Crippen LogP contribution in [-0.2, 0) is 24.1 Å². The Morgan fingerprint density at radius 3 is 3.09 bits per heavy atom. The number of hydrogen-bond donors (Lipinski definition) is 3. The van der Waals surface area contributed by atoms with Gasteiger partial charge in [0, 0.05) is 24.5 Å². The number of benzene rings is 1. The zero-order valence-corrected chi connectivity index (χ0v) is 12.2. The summed E-state index contributed by atoms with van der Waals surface area (Å²) < 4.78 is 0. The highest BCUT2D eigenvalue weighted by Gasteiger charge is 2.34. The number of aromatic nitrogens is 2. The predicted molar refractivity (Wildman–Crippen MR) is 81.1 cm³/mol. The van der Waals surface area contributed by atoms with Gasteiger partial charge in [0.2, 0.25) is 5.91 Å². The molecule has 5 heteroatoms.